The first kappa shape index (κ1) is 17.3. The van der Waals surface area contributed by atoms with Crippen LogP contribution >= 0.6 is 0 Å². The first-order valence-corrected chi connectivity index (χ1v) is 8.30. The third kappa shape index (κ3) is 3.31. The van der Waals surface area contributed by atoms with E-state index in [1.54, 1.807) is 17.9 Å². The van der Waals surface area contributed by atoms with Crippen LogP contribution in [0.4, 0.5) is 9.18 Å². The number of carbonyl (C=O) groups excluding carboxylic acids is 1. The second kappa shape index (κ2) is 6.38. The fraction of sp³-hybridized carbons (Fsp3) is 0.444. The Morgan fingerprint density at radius 2 is 2.16 bits per heavy atom. The highest BCUT2D eigenvalue weighted by Gasteiger charge is 2.42. The number of carboxylic acids is 1. The van der Waals surface area contributed by atoms with Gasteiger partial charge in [0, 0.05) is 38.3 Å². The second-order valence-corrected chi connectivity index (χ2v) is 6.95. The van der Waals surface area contributed by atoms with Crippen molar-refractivity contribution in [2.45, 2.75) is 19.8 Å². The molecule has 6 nitrogen and oxygen atoms in total. The number of carbonyl (C=O) groups is 2. The van der Waals surface area contributed by atoms with E-state index in [2.05, 4.69) is 5.32 Å². The second-order valence-electron chi connectivity index (χ2n) is 6.95. The van der Waals surface area contributed by atoms with Crippen molar-refractivity contribution in [2.24, 2.45) is 12.5 Å². The summed E-state index contributed by atoms with van der Waals surface area (Å²) in [6, 6.07) is 4.44. The zero-order valence-electron chi connectivity index (χ0n) is 14.4. The molecule has 2 N–H and O–H groups in total. The number of amides is 2. The number of aryl methyl sites for hydroxylation is 1. The first-order chi connectivity index (χ1) is 11.8. The van der Waals surface area contributed by atoms with Crippen molar-refractivity contribution < 1.29 is 19.1 Å². The number of carboxylic acid groups (broad SMARTS) is 1. The summed E-state index contributed by atoms with van der Waals surface area (Å²) in [4.78, 5) is 25.0. The summed E-state index contributed by atoms with van der Waals surface area (Å²) < 4.78 is 15.2. The molecule has 0 bridgehead atoms. The number of benzene rings is 1. The fourth-order valence-corrected chi connectivity index (χ4v) is 3.37. The maximum Gasteiger partial charge on any atom is 0.317 e. The summed E-state index contributed by atoms with van der Waals surface area (Å²) in [5, 5.41) is 13.0. The average molecular weight is 347 g/mol. The lowest BCUT2D eigenvalue weighted by Crippen LogP contribution is -2.41. The minimum Gasteiger partial charge on any atom is -0.481 e. The van der Waals surface area contributed by atoms with Gasteiger partial charge in [-0.1, -0.05) is 0 Å². The van der Waals surface area contributed by atoms with E-state index in [-0.39, 0.29) is 18.4 Å². The predicted octanol–water partition coefficient (Wildman–Crippen LogP) is 2.37. The van der Waals surface area contributed by atoms with Crippen molar-refractivity contribution in [3.8, 4) is 0 Å². The zero-order valence-corrected chi connectivity index (χ0v) is 14.4. The van der Waals surface area contributed by atoms with Crippen LogP contribution in [0, 0.1) is 11.2 Å². The average Bonchev–Trinajstić information content (AvgIpc) is 3.10. The summed E-state index contributed by atoms with van der Waals surface area (Å²) in [7, 11) is 1.86. The van der Waals surface area contributed by atoms with Gasteiger partial charge in [-0.2, -0.15) is 0 Å². The molecular weight excluding hydrogens is 325 g/mol. The number of rotatable bonds is 4. The Kier molecular flexibility index (Phi) is 4.41. The van der Waals surface area contributed by atoms with Gasteiger partial charge in [0.2, 0.25) is 0 Å². The number of halogens is 1. The van der Waals surface area contributed by atoms with Gasteiger partial charge in [0.15, 0.2) is 0 Å². The minimum absolute atomic E-state index is 0.224. The summed E-state index contributed by atoms with van der Waals surface area (Å²) >= 11 is 0. The summed E-state index contributed by atoms with van der Waals surface area (Å²) in [5.74, 6) is -1.14. The molecule has 1 fully saturated rings. The highest BCUT2D eigenvalue weighted by molar-refractivity contribution is 5.84. The van der Waals surface area contributed by atoms with Gasteiger partial charge in [0.25, 0.3) is 0 Å². The zero-order chi connectivity index (χ0) is 18.2. The molecule has 1 aromatic carbocycles. The van der Waals surface area contributed by atoms with Crippen LogP contribution in [0.2, 0.25) is 0 Å². The van der Waals surface area contributed by atoms with E-state index < -0.39 is 11.4 Å². The van der Waals surface area contributed by atoms with Crippen LogP contribution in [-0.2, 0) is 18.3 Å². The number of fused-ring (bicyclic) bond motifs is 1. The third-order valence-corrected chi connectivity index (χ3v) is 4.98. The number of urea groups is 1. The largest absolute Gasteiger partial charge is 0.481 e. The summed E-state index contributed by atoms with van der Waals surface area (Å²) in [6.45, 7) is 2.78. The predicted molar refractivity (Wildman–Crippen MR) is 91.9 cm³/mol. The Bertz CT molecular complexity index is 832. The summed E-state index contributed by atoms with van der Waals surface area (Å²) in [5.41, 5.74) is 0.990. The van der Waals surface area contributed by atoms with Crippen LogP contribution in [-0.4, -0.2) is 46.2 Å². The van der Waals surface area contributed by atoms with Gasteiger partial charge in [-0.3, -0.25) is 4.79 Å². The SMILES string of the molecule is Cn1cc(CCNC(=O)N2CCC(C)(C(=O)O)C2)c2ccc(F)cc21. The summed E-state index contributed by atoms with van der Waals surface area (Å²) in [6.07, 6.45) is 3.02. The van der Waals surface area contributed by atoms with Crippen LogP contribution < -0.4 is 5.32 Å². The molecule has 1 aromatic heterocycles. The molecule has 3 rings (SSSR count). The Balaban J connectivity index is 1.59. The van der Waals surface area contributed by atoms with E-state index in [1.165, 1.54) is 12.1 Å². The van der Waals surface area contributed by atoms with Gasteiger partial charge in [0.1, 0.15) is 5.82 Å². The quantitative estimate of drug-likeness (QED) is 0.892. The van der Waals surface area contributed by atoms with Gasteiger partial charge >= 0.3 is 12.0 Å². The Morgan fingerprint density at radius 3 is 2.84 bits per heavy atom. The molecule has 1 aliphatic heterocycles. The molecule has 0 spiro atoms. The molecule has 0 radical (unpaired) electrons. The standard InChI is InChI=1S/C18H22FN3O3/c1-18(16(23)24)6-8-22(11-18)17(25)20-7-5-12-10-21(2)15-9-13(19)3-4-14(12)15/h3-4,9-10H,5-8,11H2,1-2H3,(H,20,25)(H,23,24). The molecule has 134 valence electrons. The van der Waals surface area contributed by atoms with Gasteiger partial charge in [-0.05, 0) is 43.5 Å². The van der Waals surface area contributed by atoms with Crippen LogP contribution in [0.3, 0.4) is 0 Å². The van der Waals surface area contributed by atoms with Gasteiger partial charge < -0.3 is 19.9 Å². The highest BCUT2D eigenvalue weighted by atomic mass is 19.1. The Hall–Kier alpha value is -2.57. The maximum absolute atomic E-state index is 13.4. The number of aromatic nitrogens is 1. The first-order valence-electron chi connectivity index (χ1n) is 8.30. The van der Waals surface area contributed by atoms with Gasteiger partial charge in [0.05, 0.1) is 10.9 Å². The number of hydrogen-bond acceptors (Lipinski definition) is 2. The topological polar surface area (TPSA) is 74.6 Å². The molecule has 2 amide bonds. The van der Waals surface area contributed by atoms with E-state index >= 15 is 0 Å². The van der Waals surface area contributed by atoms with Crippen molar-refractivity contribution in [3.63, 3.8) is 0 Å². The number of hydrogen-bond donors (Lipinski definition) is 2. The molecule has 1 unspecified atom stereocenters. The molecule has 0 aliphatic carbocycles. The lowest BCUT2D eigenvalue weighted by Gasteiger charge is -2.20. The third-order valence-electron chi connectivity index (χ3n) is 4.98. The molecule has 0 saturated carbocycles. The molecule has 7 heteroatoms. The monoisotopic (exact) mass is 347 g/mol. The maximum atomic E-state index is 13.4. The lowest BCUT2D eigenvalue weighted by molar-refractivity contribution is -0.146. The van der Waals surface area contributed by atoms with Crippen molar-refractivity contribution in [1.29, 1.82) is 0 Å². The van der Waals surface area contributed by atoms with Crippen LogP contribution in [0.15, 0.2) is 24.4 Å². The van der Waals surface area contributed by atoms with E-state index in [4.69, 9.17) is 0 Å². The normalized spacial score (nSPS) is 20.2. The minimum atomic E-state index is -0.870. The lowest BCUT2D eigenvalue weighted by atomic mass is 9.90. The molecule has 1 aliphatic rings. The number of likely N-dealkylation sites (tertiary alicyclic amines) is 1. The van der Waals surface area contributed by atoms with E-state index in [1.807, 2.05) is 17.8 Å². The van der Waals surface area contributed by atoms with Crippen molar-refractivity contribution in [3.05, 3.63) is 35.8 Å². The number of aliphatic carboxylic acids is 1. The van der Waals surface area contributed by atoms with Gasteiger partial charge in [-0.25, -0.2) is 9.18 Å². The van der Waals surface area contributed by atoms with Crippen molar-refractivity contribution in [2.75, 3.05) is 19.6 Å². The Morgan fingerprint density at radius 1 is 1.40 bits per heavy atom. The molecule has 1 saturated heterocycles. The molecule has 25 heavy (non-hydrogen) atoms. The van der Waals surface area contributed by atoms with Gasteiger partial charge in [-0.15, -0.1) is 0 Å². The molecular formula is C18H22FN3O3. The van der Waals surface area contributed by atoms with E-state index in [0.717, 1.165) is 16.5 Å². The Labute approximate surface area is 145 Å². The molecule has 2 heterocycles. The van der Waals surface area contributed by atoms with Crippen molar-refractivity contribution >= 4 is 22.9 Å². The highest BCUT2D eigenvalue weighted by Crippen LogP contribution is 2.30. The van der Waals surface area contributed by atoms with Crippen LogP contribution in [0.1, 0.15) is 18.9 Å². The molecule has 1 atom stereocenters. The van der Waals surface area contributed by atoms with Crippen molar-refractivity contribution in [1.82, 2.24) is 14.8 Å². The van der Waals surface area contributed by atoms with E-state index in [9.17, 15) is 19.1 Å². The fourth-order valence-electron chi connectivity index (χ4n) is 3.37. The smallest absolute Gasteiger partial charge is 0.317 e. The van der Waals surface area contributed by atoms with Crippen LogP contribution in [0.5, 0.6) is 0 Å². The molecule has 2 aromatic rings. The number of nitrogens with one attached hydrogen (secondary N) is 1. The number of nitrogens with zero attached hydrogens (tertiary/aromatic N) is 2. The van der Waals surface area contributed by atoms with Crippen LogP contribution in [0.25, 0.3) is 10.9 Å². The van der Waals surface area contributed by atoms with E-state index in [0.29, 0.717) is 25.9 Å².